The summed E-state index contributed by atoms with van der Waals surface area (Å²) in [5, 5.41) is 3.24. The molecule has 0 atom stereocenters. The molecule has 1 aliphatic carbocycles. The quantitative estimate of drug-likeness (QED) is 0.420. The van der Waals surface area contributed by atoms with Gasteiger partial charge in [0.15, 0.2) is 0 Å². The van der Waals surface area contributed by atoms with E-state index in [4.69, 9.17) is 11.6 Å². The van der Waals surface area contributed by atoms with Crippen LogP contribution in [-0.2, 0) is 27.9 Å². The zero-order chi connectivity index (χ0) is 25.2. The number of carbonyl (C=O) groups excluding carboxylic acids is 1. The third kappa shape index (κ3) is 6.20. The average Bonchev–Trinajstić information content (AvgIpc) is 3.66. The Bertz CT molecular complexity index is 1330. The second-order valence-electron chi connectivity index (χ2n) is 8.86. The van der Waals surface area contributed by atoms with Crippen molar-refractivity contribution in [2.75, 3.05) is 24.3 Å². The predicted octanol–water partition coefficient (Wildman–Crippen LogP) is 5.28. The lowest BCUT2D eigenvalue weighted by molar-refractivity contribution is -0.117. The highest BCUT2D eigenvalue weighted by Crippen LogP contribution is 2.32. The van der Waals surface area contributed by atoms with Crippen molar-refractivity contribution in [3.8, 4) is 0 Å². The zero-order valence-electron chi connectivity index (χ0n) is 19.5. The van der Waals surface area contributed by atoms with Gasteiger partial charge in [-0.15, -0.1) is 0 Å². The molecule has 1 aliphatic rings. The number of amides is 1. The van der Waals surface area contributed by atoms with Crippen LogP contribution in [0.3, 0.4) is 0 Å². The van der Waals surface area contributed by atoms with Gasteiger partial charge in [-0.1, -0.05) is 29.8 Å². The Kier molecular flexibility index (Phi) is 7.44. The molecule has 1 N–H and O–H groups in total. The third-order valence-electron chi connectivity index (χ3n) is 5.83. The maximum absolute atomic E-state index is 13.7. The van der Waals surface area contributed by atoms with Crippen LogP contribution in [0.4, 0.5) is 15.8 Å². The van der Waals surface area contributed by atoms with Crippen molar-refractivity contribution in [2.24, 2.45) is 5.92 Å². The van der Waals surface area contributed by atoms with Crippen molar-refractivity contribution in [1.29, 1.82) is 0 Å². The van der Waals surface area contributed by atoms with Gasteiger partial charge in [-0.25, -0.2) is 12.8 Å². The monoisotopic (exact) mass is 515 g/mol. The Morgan fingerprint density at radius 3 is 2.37 bits per heavy atom. The highest BCUT2D eigenvalue weighted by Gasteiger charge is 2.30. The van der Waals surface area contributed by atoms with Gasteiger partial charge < -0.3 is 10.2 Å². The predicted molar refractivity (Wildman–Crippen MR) is 136 cm³/mol. The standard InChI is InChI=1S/C26H27ClFN3O3S/c1-30(2)25-13-12-23(29-26(32)19-8-9-19)14-20(25)17-31(16-18-6-10-22(28)11-7-18)35(33,34)24-5-3-4-21(27)15-24/h3-7,10-15,19H,8-9,16-17H2,1-2H3,(H,29,32). The molecule has 4 rings (SSSR count). The SMILES string of the molecule is CN(C)c1ccc(NC(=O)C2CC2)cc1CN(Cc1ccc(F)cc1)S(=O)(=O)c1cccc(Cl)c1. The summed E-state index contributed by atoms with van der Waals surface area (Å²) in [6, 6.07) is 17.3. The first kappa shape index (κ1) is 25.2. The fraction of sp³-hybridized carbons (Fsp3) is 0.269. The van der Waals surface area contributed by atoms with E-state index in [0.29, 0.717) is 16.3 Å². The number of carbonyl (C=O) groups is 1. The molecule has 1 amide bonds. The summed E-state index contributed by atoms with van der Waals surface area (Å²) in [7, 11) is -0.218. The van der Waals surface area contributed by atoms with Crippen LogP contribution in [0.2, 0.25) is 5.02 Å². The Morgan fingerprint density at radius 2 is 1.74 bits per heavy atom. The molecular formula is C26H27ClFN3O3S. The summed E-state index contributed by atoms with van der Waals surface area (Å²) in [5.41, 5.74) is 2.79. The first-order chi connectivity index (χ1) is 16.6. The smallest absolute Gasteiger partial charge is 0.243 e. The number of hydrogen-bond donors (Lipinski definition) is 1. The number of benzene rings is 3. The van der Waals surface area contributed by atoms with E-state index in [9.17, 15) is 17.6 Å². The number of halogens is 2. The van der Waals surface area contributed by atoms with E-state index in [2.05, 4.69) is 5.32 Å². The van der Waals surface area contributed by atoms with E-state index in [0.717, 1.165) is 24.1 Å². The molecule has 3 aromatic rings. The van der Waals surface area contributed by atoms with Gasteiger partial charge in [0, 0.05) is 49.5 Å². The minimum absolute atomic E-state index is 0.0247. The van der Waals surface area contributed by atoms with Gasteiger partial charge in [0.2, 0.25) is 15.9 Å². The van der Waals surface area contributed by atoms with E-state index < -0.39 is 15.8 Å². The van der Waals surface area contributed by atoms with E-state index in [-0.39, 0.29) is 29.8 Å². The van der Waals surface area contributed by atoms with E-state index in [1.807, 2.05) is 31.1 Å². The van der Waals surface area contributed by atoms with Gasteiger partial charge in [-0.2, -0.15) is 4.31 Å². The van der Waals surface area contributed by atoms with E-state index >= 15 is 0 Å². The first-order valence-corrected chi connectivity index (χ1v) is 13.1. The molecule has 9 heteroatoms. The van der Waals surface area contributed by atoms with Gasteiger partial charge >= 0.3 is 0 Å². The summed E-state index contributed by atoms with van der Waals surface area (Å²) >= 11 is 6.09. The molecule has 35 heavy (non-hydrogen) atoms. The highest BCUT2D eigenvalue weighted by atomic mass is 35.5. The van der Waals surface area contributed by atoms with Crippen molar-refractivity contribution in [3.05, 3.63) is 88.7 Å². The van der Waals surface area contributed by atoms with Crippen molar-refractivity contribution >= 4 is 38.9 Å². The van der Waals surface area contributed by atoms with Crippen LogP contribution >= 0.6 is 11.6 Å². The maximum atomic E-state index is 13.7. The van der Waals surface area contributed by atoms with E-state index in [1.54, 1.807) is 30.3 Å². The summed E-state index contributed by atoms with van der Waals surface area (Å²) in [6.07, 6.45) is 1.77. The number of anilines is 2. The van der Waals surface area contributed by atoms with Gasteiger partial charge in [0.25, 0.3) is 0 Å². The van der Waals surface area contributed by atoms with E-state index in [1.165, 1.54) is 28.6 Å². The van der Waals surface area contributed by atoms with Crippen LogP contribution in [-0.4, -0.2) is 32.7 Å². The lowest BCUT2D eigenvalue weighted by Crippen LogP contribution is -2.31. The van der Waals surface area contributed by atoms with Crippen LogP contribution in [0.15, 0.2) is 71.6 Å². The largest absolute Gasteiger partial charge is 0.377 e. The molecule has 0 bridgehead atoms. The molecule has 0 aromatic heterocycles. The Hall–Kier alpha value is -2.94. The lowest BCUT2D eigenvalue weighted by atomic mass is 10.1. The second kappa shape index (κ2) is 10.4. The number of hydrogen-bond acceptors (Lipinski definition) is 4. The Balaban J connectivity index is 1.72. The van der Waals surface area contributed by atoms with Crippen molar-refractivity contribution < 1.29 is 17.6 Å². The molecule has 0 aliphatic heterocycles. The van der Waals surface area contributed by atoms with Crippen molar-refractivity contribution in [3.63, 3.8) is 0 Å². The third-order valence-corrected chi connectivity index (χ3v) is 7.85. The minimum atomic E-state index is -3.96. The molecule has 1 saturated carbocycles. The number of rotatable bonds is 9. The van der Waals surface area contributed by atoms with Crippen LogP contribution in [0, 0.1) is 11.7 Å². The van der Waals surface area contributed by atoms with Crippen LogP contribution < -0.4 is 10.2 Å². The van der Waals surface area contributed by atoms with Gasteiger partial charge in [0.1, 0.15) is 5.82 Å². The number of nitrogens with zero attached hydrogens (tertiary/aromatic N) is 2. The van der Waals surface area contributed by atoms with Crippen molar-refractivity contribution in [2.45, 2.75) is 30.8 Å². The van der Waals surface area contributed by atoms with Gasteiger partial charge in [-0.05, 0) is 72.5 Å². The van der Waals surface area contributed by atoms with Crippen LogP contribution in [0.1, 0.15) is 24.0 Å². The second-order valence-corrected chi connectivity index (χ2v) is 11.2. The zero-order valence-corrected chi connectivity index (χ0v) is 21.1. The van der Waals surface area contributed by atoms with Crippen LogP contribution in [0.5, 0.6) is 0 Å². The normalized spacial score (nSPS) is 13.6. The molecule has 0 radical (unpaired) electrons. The number of sulfonamides is 1. The summed E-state index contributed by atoms with van der Waals surface area (Å²) in [4.78, 5) is 14.3. The maximum Gasteiger partial charge on any atom is 0.243 e. The average molecular weight is 516 g/mol. The fourth-order valence-corrected chi connectivity index (χ4v) is 5.51. The summed E-state index contributed by atoms with van der Waals surface area (Å²) < 4.78 is 42.2. The molecular weight excluding hydrogens is 489 g/mol. The first-order valence-electron chi connectivity index (χ1n) is 11.2. The molecule has 0 heterocycles. The van der Waals surface area contributed by atoms with Crippen molar-refractivity contribution in [1.82, 2.24) is 4.31 Å². The fourth-order valence-electron chi connectivity index (χ4n) is 3.80. The molecule has 6 nitrogen and oxygen atoms in total. The topological polar surface area (TPSA) is 69.7 Å². The number of nitrogens with one attached hydrogen (secondary N) is 1. The highest BCUT2D eigenvalue weighted by molar-refractivity contribution is 7.89. The lowest BCUT2D eigenvalue weighted by Gasteiger charge is -2.26. The minimum Gasteiger partial charge on any atom is -0.377 e. The summed E-state index contributed by atoms with van der Waals surface area (Å²) in [6.45, 7) is 0.0630. The van der Waals surface area contributed by atoms with Gasteiger partial charge in [-0.3, -0.25) is 4.79 Å². The molecule has 184 valence electrons. The van der Waals surface area contributed by atoms with Gasteiger partial charge in [0.05, 0.1) is 4.90 Å². The molecule has 0 spiro atoms. The molecule has 0 unspecified atom stereocenters. The molecule has 3 aromatic carbocycles. The van der Waals surface area contributed by atoms with Crippen LogP contribution in [0.25, 0.3) is 0 Å². The summed E-state index contributed by atoms with van der Waals surface area (Å²) in [5.74, 6) is -0.375. The Labute approximate surface area is 210 Å². The Morgan fingerprint density at radius 1 is 1.03 bits per heavy atom. The molecule has 0 saturated heterocycles. The molecule has 1 fully saturated rings.